The van der Waals surface area contributed by atoms with Crippen molar-refractivity contribution in [2.45, 2.75) is 13.3 Å². The van der Waals surface area contributed by atoms with Crippen LogP contribution in [0.15, 0.2) is 47.1 Å². The molecule has 0 radical (unpaired) electrons. The van der Waals surface area contributed by atoms with Gasteiger partial charge in [-0.15, -0.1) is 0 Å². The molecule has 1 heteroatoms. The third-order valence-corrected chi connectivity index (χ3v) is 1.45. The van der Waals surface area contributed by atoms with Crippen molar-refractivity contribution in [1.29, 1.82) is 0 Å². The van der Waals surface area contributed by atoms with Gasteiger partial charge in [0.2, 0.25) is 0 Å². The second kappa shape index (κ2) is 3.75. The van der Waals surface area contributed by atoms with Gasteiger partial charge in [0, 0.05) is 0 Å². The summed E-state index contributed by atoms with van der Waals surface area (Å²) in [7, 11) is 0. The van der Waals surface area contributed by atoms with Crippen molar-refractivity contribution in [2.24, 2.45) is 4.99 Å². The van der Waals surface area contributed by atoms with E-state index in [1.807, 2.05) is 12.2 Å². The quantitative estimate of drug-likeness (QED) is 0.503. The van der Waals surface area contributed by atoms with E-state index in [1.165, 1.54) is 5.57 Å². The Morgan fingerprint density at radius 3 is 3.18 bits per heavy atom. The Labute approximate surface area is 67.2 Å². The molecule has 0 amide bonds. The van der Waals surface area contributed by atoms with Crippen molar-refractivity contribution in [3.05, 3.63) is 42.2 Å². The highest BCUT2D eigenvalue weighted by Crippen LogP contribution is 2.10. The van der Waals surface area contributed by atoms with Crippen molar-refractivity contribution in [2.75, 3.05) is 0 Å². The smallest absolute Gasteiger partial charge is 0.0728 e. The first-order valence-electron chi connectivity index (χ1n) is 3.61. The van der Waals surface area contributed by atoms with Crippen molar-refractivity contribution in [3.63, 3.8) is 0 Å². The van der Waals surface area contributed by atoms with Gasteiger partial charge < -0.3 is 0 Å². The summed E-state index contributed by atoms with van der Waals surface area (Å²) in [6.45, 7) is 5.49. The van der Waals surface area contributed by atoms with Crippen molar-refractivity contribution >= 4 is 5.87 Å². The number of rotatable bonds is 1. The van der Waals surface area contributed by atoms with Gasteiger partial charge in [0.25, 0.3) is 0 Å². The molecule has 0 aromatic heterocycles. The van der Waals surface area contributed by atoms with Gasteiger partial charge in [-0.1, -0.05) is 17.7 Å². The van der Waals surface area contributed by atoms with Crippen LogP contribution in [0.25, 0.3) is 0 Å². The van der Waals surface area contributed by atoms with Crippen LogP contribution >= 0.6 is 0 Å². The fourth-order valence-electron chi connectivity index (χ4n) is 0.944. The minimum atomic E-state index is 0.922. The molecule has 0 bridgehead atoms. The number of aliphatic imine (C=N–C) groups is 1. The van der Waals surface area contributed by atoms with E-state index in [1.54, 1.807) is 0 Å². The summed E-state index contributed by atoms with van der Waals surface area (Å²) < 4.78 is 0. The van der Waals surface area contributed by atoms with Crippen LogP contribution in [0.1, 0.15) is 13.3 Å². The highest BCUT2D eigenvalue weighted by atomic mass is 14.7. The lowest BCUT2D eigenvalue weighted by atomic mass is 10.2. The lowest BCUT2D eigenvalue weighted by Crippen LogP contribution is -1.71. The molecule has 0 saturated carbocycles. The first-order chi connectivity index (χ1) is 5.33. The molecule has 1 aliphatic carbocycles. The zero-order valence-corrected chi connectivity index (χ0v) is 6.67. The second-order valence-corrected chi connectivity index (χ2v) is 2.43. The lowest BCUT2D eigenvalue weighted by Gasteiger charge is -1.88. The number of hydrogen-bond acceptors (Lipinski definition) is 1. The molecule has 11 heavy (non-hydrogen) atoms. The molecule has 0 fully saturated rings. The van der Waals surface area contributed by atoms with E-state index in [0.29, 0.717) is 0 Å². The molecule has 0 aromatic rings. The summed E-state index contributed by atoms with van der Waals surface area (Å²) in [6, 6.07) is 0. The number of allylic oxidation sites excluding steroid dienone is 5. The average Bonchev–Trinajstić information content (AvgIpc) is 2.15. The summed E-state index contributed by atoms with van der Waals surface area (Å²) in [5.74, 6) is 2.51. The minimum Gasteiger partial charge on any atom is -0.207 e. The van der Waals surface area contributed by atoms with Crippen LogP contribution in [-0.4, -0.2) is 5.87 Å². The molecule has 0 saturated heterocycles. The molecule has 0 atom stereocenters. The fourth-order valence-corrected chi connectivity index (χ4v) is 0.944. The third kappa shape index (κ3) is 2.40. The summed E-state index contributed by atoms with van der Waals surface area (Å²) in [6.07, 6.45) is 9.20. The van der Waals surface area contributed by atoms with E-state index in [2.05, 4.69) is 36.5 Å². The van der Waals surface area contributed by atoms with Gasteiger partial charge in [-0.2, -0.15) is 0 Å². The molecule has 1 nitrogen and oxygen atoms in total. The minimum absolute atomic E-state index is 0.922. The predicted molar refractivity (Wildman–Crippen MR) is 48.7 cm³/mol. The van der Waals surface area contributed by atoms with E-state index < -0.39 is 0 Å². The summed E-state index contributed by atoms with van der Waals surface area (Å²) in [4.78, 5) is 3.97. The van der Waals surface area contributed by atoms with Gasteiger partial charge >= 0.3 is 0 Å². The Morgan fingerprint density at radius 2 is 2.45 bits per heavy atom. The number of nitrogens with zero attached hydrogens (tertiary/aromatic N) is 1. The maximum atomic E-state index is 3.97. The Kier molecular flexibility index (Phi) is 2.65. The number of hydrogen-bond donors (Lipinski definition) is 0. The lowest BCUT2D eigenvalue weighted by molar-refractivity contribution is 1.35. The van der Waals surface area contributed by atoms with E-state index in [9.17, 15) is 0 Å². The van der Waals surface area contributed by atoms with Crippen molar-refractivity contribution in [1.82, 2.24) is 0 Å². The van der Waals surface area contributed by atoms with Crippen molar-refractivity contribution in [3.8, 4) is 0 Å². The monoisotopic (exact) mass is 145 g/mol. The Morgan fingerprint density at radius 1 is 1.64 bits per heavy atom. The van der Waals surface area contributed by atoms with Gasteiger partial charge in [0.05, 0.1) is 5.70 Å². The Bertz CT molecular complexity index is 273. The van der Waals surface area contributed by atoms with Crippen LogP contribution in [0.4, 0.5) is 0 Å². The van der Waals surface area contributed by atoms with Crippen LogP contribution < -0.4 is 0 Å². The summed E-state index contributed by atoms with van der Waals surface area (Å²) in [5, 5.41) is 0. The SMILES string of the molecule is C=C=NC1=CC(C)=CCC=C1. The normalized spacial score (nSPS) is 16.1. The molecular weight excluding hydrogens is 134 g/mol. The predicted octanol–water partition coefficient (Wildman–Crippen LogP) is 2.63. The van der Waals surface area contributed by atoms with E-state index >= 15 is 0 Å². The van der Waals surface area contributed by atoms with Crippen LogP contribution in [0.3, 0.4) is 0 Å². The molecule has 1 rings (SSSR count). The van der Waals surface area contributed by atoms with E-state index in [4.69, 9.17) is 0 Å². The van der Waals surface area contributed by atoms with Gasteiger partial charge in [0.15, 0.2) is 0 Å². The summed E-state index contributed by atoms with van der Waals surface area (Å²) in [5.41, 5.74) is 2.16. The fraction of sp³-hybridized carbons (Fsp3) is 0.200. The average molecular weight is 145 g/mol. The molecule has 0 heterocycles. The highest BCUT2D eigenvalue weighted by molar-refractivity contribution is 5.51. The molecule has 0 N–H and O–H groups in total. The molecule has 0 unspecified atom stereocenters. The summed E-state index contributed by atoms with van der Waals surface area (Å²) >= 11 is 0. The van der Waals surface area contributed by atoms with Gasteiger partial charge in [-0.3, -0.25) is 0 Å². The third-order valence-electron chi connectivity index (χ3n) is 1.45. The topological polar surface area (TPSA) is 12.4 Å². The van der Waals surface area contributed by atoms with E-state index in [0.717, 1.165) is 12.1 Å². The maximum absolute atomic E-state index is 3.97. The van der Waals surface area contributed by atoms with E-state index in [-0.39, 0.29) is 0 Å². The maximum Gasteiger partial charge on any atom is 0.0728 e. The molecule has 56 valence electrons. The Hall–Kier alpha value is -1.33. The standard InChI is InChI=1S/C10H11N/c1-3-11-10-7-5-4-6-9(2)8-10/h5-8H,1,4H2,2H3. The van der Waals surface area contributed by atoms with Crippen LogP contribution in [0, 0.1) is 0 Å². The Balaban J connectivity index is 2.93. The van der Waals surface area contributed by atoms with Crippen molar-refractivity contribution < 1.29 is 0 Å². The largest absolute Gasteiger partial charge is 0.207 e. The van der Waals surface area contributed by atoms with Gasteiger partial charge in [0.1, 0.15) is 0 Å². The van der Waals surface area contributed by atoms with Gasteiger partial charge in [-0.25, -0.2) is 4.99 Å². The second-order valence-electron chi connectivity index (χ2n) is 2.43. The van der Waals surface area contributed by atoms with Crippen LogP contribution in [0.2, 0.25) is 0 Å². The molecular formula is C10H11N. The zero-order valence-electron chi connectivity index (χ0n) is 6.67. The molecule has 0 spiro atoms. The van der Waals surface area contributed by atoms with Crippen LogP contribution in [-0.2, 0) is 0 Å². The first-order valence-corrected chi connectivity index (χ1v) is 3.61. The molecule has 0 aromatic carbocycles. The zero-order chi connectivity index (χ0) is 8.10. The first kappa shape index (κ1) is 7.77. The highest BCUT2D eigenvalue weighted by Gasteiger charge is 1.91. The molecule has 1 aliphatic rings. The van der Waals surface area contributed by atoms with Crippen LogP contribution in [0.5, 0.6) is 0 Å². The van der Waals surface area contributed by atoms with Gasteiger partial charge in [-0.05, 0) is 37.9 Å². The molecule has 0 aliphatic heterocycles.